The van der Waals surface area contributed by atoms with E-state index in [4.69, 9.17) is 4.74 Å². The summed E-state index contributed by atoms with van der Waals surface area (Å²) in [5.74, 6) is 0.914. The molecule has 0 aliphatic heterocycles. The zero-order chi connectivity index (χ0) is 13.5. The molecule has 0 fully saturated rings. The Kier molecular flexibility index (Phi) is 5.30. The first-order valence-corrected chi connectivity index (χ1v) is 7.31. The molecular weight excluding hydrogens is 258 g/mol. The van der Waals surface area contributed by atoms with Crippen LogP contribution in [0.4, 0.5) is 0 Å². The molecule has 0 spiro atoms. The summed E-state index contributed by atoms with van der Waals surface area (Å²) in [7, 11) is 0. The number of hydrogen-bond acceptors (Lipinski definition) is 5. The van der Waals surface area contributed by atoms with E-state index in [0.29, 0.717) is 0 Å². The molecule has 0 amide bonds. The van der Waals surface area contributed by atoms with Crippen LogP contribution in [-0.2, 0) is 0 Å². The maximum atomic E-state index is 5.59. The lowest BCUT2D eigenvalue weighted by Gasteiger charge is -2.16. The van der Waals surface area contributed by atoms with E-state index >= 15 is 0 Å². The fourth-order valence-electron chi connectivity index (χ4n) is 1.87. The lowest BCUT2D eigenvalue weighted by molar-refractivity contribution is 0.317. The molecule has 1 N–H and O–H groups in total. The zero-order valence-electron chi connectivity index (χ0n) is 11.3. The third-order valence-corrected chi connectivity index (χ3v) is 3.26. The summed E-state index contributed by atoms with van der Waals surface area (Å²) in [5.41, 5.74) is 2.15. The molecule has 0 radical (unpaired) electrons. The van der Waals surface area contributed by atoms with Gasteiger partial charge in [0.25, 0.3) is 0 Å². The Labute approximate surface area is 118 Å². The number of hydrogen-bond donors (Lipinski definition) is 1. The number of ether oxygens (including phenoxy) is 1. The summed E-state index contributed by atoms with van der Waals surface area (Å²) < 4.78 is 14.0. The molecule has 0 saturated carbocycles. The Hall–Kier alpha value is -1.46. The summed E-state index contributed by atoms with van der Waals surface area (Å²) in [6.45, 7) is 5.83. The Bertz CT molecular complexity index is 470. The second kappa shape index (κ2) is 7.21. The predicted octanol–water partition coefficient (Wildman–Crippen LogP) is 3.03. The molecule has 1 unspecified atom stereocenters. The fourth-order valence-corrected chi connectivity index (χ4v) is 2.32. The molecule has 1 heterocycles. The highest BCUT2D eigenvalue weighted by Gasteiger charge is 2.15. The minimum absolute atomic E-state index is 0.101. The van der Waals surface area contributed by atoms with E-state index in [1.165, 1.54) is 17.3 Å². The molecule has 4 nitrogen and oxygen atoms in total. The third kappa shape index (κ3) is 3.75. The summed E-state index contributed by atoms with van der Waals surface area (Å²) >= 11 is 1.24. The lowest BCUT2D eigenvalue weighted by atomic mass is 10.0. The van der Waals surface area contributed by atoms with Gasteiger partial charge >= 0.3 is 0 Å². The van der Waals surface area contributed by atoms with Crippen LogP contribution in [0.2, 0.25) is 0 Å². The van der Waals surface area contributed by atoms with Crippen LogP contribution in [0.15, 0.2) is 30.5 Å². The van der Waals surface area contributed by atoms with Gasteiger partial charge in [-0.05, 0) is 30.7 Å². The van der Waals surface area contributed by atoms with E-state index in [-0.39, 0.29) is 6.04 Å². The van der Waals surface area contributed by atoms with E-state index in [1.54, 1.807) is 0 Å². The molecular formula is C14H19N3OS. The largest absolute Gasteiger partial charge is 0.494 e. The van der Waals surface area contributed by atoms with Gasteiger partial charge in [0.15, 0.2) is 0 Å². The normalized spacial score (nSPS) is 12.3. The van der Waals surface area contributed by atoms with Crippen molar-refractivity contribution in [3.63, 3.8) is 0 Å². The van der Waals surface area contributed by atoms with E-state index in [1.807, 2.05) is 18.3 Å². The van der Waals surface area contributed by atoms with Crippen molar-refractivity contribution in [2.45, 2.75) is 26.3 Å². The molecule has 0 aliphatic carbocycles. The minimum Gasteiger partial charge on any atom is -0.494 e. The average molecular weight is 277 g/mol. The van der Waals surface area contributed by atoms with Gasteiger partial charge in [0.1, 0.15) is 5.75 Å². The van der Waals surface area contributed by atoms with Crippen LogP contribution in [0.1, 0.15) is 37.6 Å². The molecule has 5 heteroatoms. The summed E-state index contributed by atoms with van der Waals surface area (Å²) in [6, 6.07) is 8.28. The average Bonchev–Trinajstić information content (AvgIpc) is 2.97. The van der Waals surface area contributed by atoms with Gasteiger partial charge in [-0.25, -0.2) is 0 Å². The number of aromatic nitrogens is 2. The smallest absolute Gasteiger partial charge is 0.119 e. The molecule has 19 heavy (non-hydrogen) atoms. The topological polar surface area (TPSA) is 47.0 Å². The van der Waals surface area contributed by atoms with Gasteiger partial charge in [-0.15, -0.1) is 0 Å². The van der Waals surface area contributed by atoms with Gasteiger partial charge in [0.05, 0.1) is 36.3 Å². The van der Waals surface area contributed by atoms with E-state index < -0.39 is 0 Å². The summed E-state index contributed by atoms with van der Waals surface area (Å²) in [5, 5.41) is 3.43. The maximum Gasteiger partial charge on any atom is 0.119 e. The predicted molar refractivity (Wildman–Crippen MR) is 77.7 cm³/mol. The van der Waals surface area contributed by atoms with Crippen molar-refractivity contribution in [1.82, 2.24) is 14.1 Å². The molecule has 1 aromatic heterocycles. The Balaban J connectivity index is 2.13. The maximum absolute atomic E-state index is 5.59. The monoisotopic (exact) mass is 277 g/mol. The van der Waals surface area contributed by atoms with Crippen molar-refractivity contribution in [2.24, 2.45) is 0 Å². The Morgan fingerprint density at radius 3 is 2.63 bits per heavy atom. The van der Waals surface area contributed by atoms with Crippen molar-refractivity contribution in [1.29, 1.82) is 0 Å². The molecule has 2 aromatic rings. The molecule has 0 aliphatic rings. The van der Waals surface area contributed by atoms with Gasteiger partial charge in [0.2, 0.25) is 0 Å². The number of benzene rings is 1. The molecule has 0 saturated heterocycles. The van der Waals surface area contributed by atoms with Gasteiger partial charge < -0.3 is 10.1 Å². The molecule has 2 rings (SSSR count). The summed E-state index contributed by atoms with van der Waals surface area (Å²) in [4.78, 5) is 0. The van der Waals surface area contributed by atoms with Gasteiger partial charge in [0, 0.05) is 0 Å². The molecule has 1 atom stereocenters. The second-order valence-corrected chi connectivity index (χ2v) is 4.80. The van der Waals surface area contributed by atoms with Crippen molar-refractivity contribution in [3.8, 4) is 5.75 Å². The zero-order valence-corrected chi connectivity index (χ0v) is 12.1. The highest BCUT2D eigenvalue weighted by atomic mass is 32.1. The van der Waals surface area contributed by atoms with Crippen molar-refractivity contribution < 1.29 is 4.74 Å². The number of nitrogens with zero attached hydrogens (tertiary/aromatic N) is 2. The van der Waals surface area contributed by atoms with Crippen molar-refractivity contribution in [3.05, 3.63) is 41.7 Å². The first-order valence-electron chi connectivity index (χ1n) is 6.58. The molecule has 0 bridgehead atoms. The van der Waals surface area contributed by atoms with Crippen LogP contribution in [0.5, 0.6) is 5.75 Å². The van der Waals surface area contributed by atoms with Crippen LogP contribution in [0.3, 0.4) is 0 Å². The lowest BCUT2D eigenvalue weighted by Crippen LogP contribution is -2.22. The van der Waals surface area contributed by atoms with Gasteiger partial charge in [-0.3, -0.25) is 0 Å². The van der Waals surface area contributed by atoms with Gasteiger partial charge in [-0.1, -0.05) is 26.0 Å². The van der Waals surface area contributed by atoms with Crippen LogP contribution >= 0.6 is 11.7 Å². The highest BCUT2D eigenvalue weighted by Crippen LogP contribution is 2.23. The number of rotatable bonds is 7. The molecule has 1 aromatic carbocycles. The van der Waals surface area contributed by atoms with E-state index in [2.05, 4.69) is 40.0 Å². The van der Waals surface area contributed by atoms with Crippen LogP contribution < -0.4 is 10.1 Å². The first-order chi connectivity index (χ1) is 9.35. The fraction of sp³-hybridized carbons (Fsp3) is 0.429. The standard InChI is InChI=1S/C14H19N3OS/c1-3-9-18-12-7-5-11(6-8-12)14(15-4-2)13-10-16-19-17-13/h5-8,10,14-15H,3-4,9H2,1-2H3. The van der Waals surface area contributed by atoms with E-state index in [0.717, 1.165) is 31.0 Å². The van der Waals surface area contributed by atoms with Crippen LogP contribution in [0.25, 0.3) is 0 Å². The first kappa shape index (κ1) is 14.0. The van der Waals surface area contributed by atoms with Gasteiger partial charge in [-0.2, -0.15) is 8.75 Å². The van der Waals surface area contributed by atoms with Crippen molar-refractivity contribution >= 4 is 11.7 Å². The molecule has 102 valence electrons. The highest BCUT2D eigenvalue weighted by molar-refractivity contribution is 6.99. The third-order valence-electron chi connectivity index (χ3n) is 2.77. The quantitative estimate of drug-likeness (QED) is 0.845. The van der Waals surface area contributed by atoms with Crippen LogP contribution in [-0.4, -0.2) is 21.9 Å². The minimum atomic E-state index is 0.101. The number of nitrogens with one attached hydrogen (secondary N) is 1. The SMILES string of the molecule is CCCOc1ccc(C(NCC)c2cnsn2)cc1. The van der Waals surface area contributed by atoms with E-state index in [9.17, 15) is 0 Å². The summed E-state index contributed by atoms with van der Waals surface area (Å²) in [6.07, 6.45) is 2.84. The Morgan fingerprint density at radius 2 is 2.05 bits per heavy atom. The van der Waals surface area contributed by atoms with Crippen molar-refractivity contribution in [2.75, 3.05) is 13.2 Å². The Morgan fingerprint density at radius 1 is 1.26 bits per heavy atom. The van der Waals surface area contributed by atoms with Crippen LogP contribution in [0, 0.1) is 0 Å². The second-order valence-electron chi connectivity index (χ2n) is 4.24.